The molecule has 1 amide bonds. The molecule has 0 spiro atoms. The van der Waals surface area contributed by atoms with Gasteiger partial charge in [0.05, 0.1) is 5.92 Å². The van der Waals surface area contributed by atoms with E-state index in [1.165, 1.54) is 5.56 Å². The van der Waals surface area contributed by atoms with Crippen molar-refractivity contribution in [2.45, 2.75) is 32.4 Å². The molecule has 3 rings (SSSR count). The van der Waals surface area contributed by atoms with Gasteiger partial charge in [0.25, 0.3) is 0 Å². The lowest BCUT2D eigenvalue weighted by molar-refractivity contribution is -0.140. The highest BCUT2D eigenvalue weighted by Gasteiger charge is 2.32. The highest BCUT2D eigenvalue weighted by atomic mass is 16.2. The maximum atomic E-state index is 12.8. The molecule has 4 nitrogen and oxygen atoms in total. The lowest BCUT2D eigenvalue weighted by Gasteiger charge is -2.39. The molecule has 0 aromatic heterocycles. The molecule has 1 N–H and O–H groups in total. The number of carbonyl (C=O) groups is 1. The molecular formula is C18H27N3O. The number of piperazine rings is 1. The van der Waals surface area contributed by atoms with Gasteiger partial charge in [-0.05, 0) is 31.9 Å². The third-order valence-electron chi connectivity index (χ3n) is 4.89. The highest BCUT2D eigenvalue weighted by Crippen LogP contribution is 2.22. The lowest BCUT2D eigenvalue weighted by atomic mass is 9.95. The van der Waals surface area contributed by atoms with Crippen LogP contribution in [0.25, 0.3) is 0 Å². The van der Waals surface area contributed by atoms with E-state index in [9.17, 15) is 4.79 Å². The van der Waals surface area contributed by atoms with Gasteiger partial charge in [-0.25, -0.2) is 0 Å². The highest BCUT2D eigenvalue weighted by molar-refractivity contribution is 5.79. The normalized spacial score (nSPS) is 26.9. The van der Waals surface area contributed by atoms with Crippen molar-refractivity contribution >= 4 is 5.91 Å². The Bertz CT molecular complexity index is 490. The Balaban J connectivity index is 1.59. The monoisotopic (exact) mass is 301 g/mol. The molecule has 0 aliphatic carbocycles. The summed E-state index contributed by atoms with van der Waals surface area (Å²) in [5.41, 5.74) is 1.34. The molecule has 22 heavy (non-hydrogen) atoms. The van der Waals surface area contributed by atoms with Gasteiger partial charge < -0.3 is 10.2 Å². The van der Waals surface area contributed by atoms with E-state index in [0.29, 0.717) is 11.9 Å². The van der Waals surface area contributed by atoms with Crippen LogP contribution in [0.3, 0.4) is 0 Å². The number of hydrogen-bond acceptors (Lipinski definition) is 3. The first kappa shape index (κ1) is 15.5. The predicted octanol–water partition coefficient (Wildman–Crippen LogP) is 1.72. The van der Waals surface area contributed by atoms with Crippen LogP contribution in [0, 0.1) is 5.92 Å². The second-order valence-corrected chi connectivity index (χ2v) is 6.64. The van der Waals surface area contributed by atoms with Crippen molar-refractivity contribution in [3.8, 4) is 0 Å². The smallest absolute Gasteiger partial charge is 0.227 e. The Morgan fingerprint density at radius 1 is 1.27 bits per heavy atom. The summed E-state index contributed by atoms with van der Waals surface area (Å²) in [5.74, 6) is 0.546. The van der Waals surface area contributed by atoms with Gasteiger partial charge in [-0.2, -0.15) is 0 Å². The molecular weight excluding hydrogens is 274 g/mol. The quantitative estimate of drug-likeness (QED) is 0.923. The second-order valence-electron chi connectivity index (χ2n) is 6.64. The molecule has 2 aliphatic rings. The van der Waals surface area contributed by atoms with E-state index in [4.69, 9.17) is 0 Å². The van der Waals surface area contributed by atoms with E-state index in [1.54, 1.807) is 0 Å². The number of nitrogens with one attached hydrogen (secondary N) is 1. The molecule has 120 valence electrons. The first-order chi connectivity index (χ1) is 10.7. The van der Waals surface area contributed by atoms with Crippen LogP contribution in [0.15, 0.2) is 30.3 Å². The Hall–Kier alpha value is -1.39. The molecule has 2 saturated heterocycles. The number of hydrogen-bond donors (Lipinski definition) is 1. The molecule has 2 heterocycles. The van der Waals surface area contributed by atoms with Crippen LogP contribution >= 0.6 is 0 Å². The standard InChI is InChI=1S/C18H27N3O/c1-15-12-19-9-11-21(15)18(22)17-8-5-10-20(14-17)13-16-6-3-2-4-7-16/h2-4,6-7,15,17,19H,5,8-14H2,1H3/t15-,17?/m1/s1. The van der Waals surface area contributed by atoms with E-state index < -0.39 is 0 Å². The first-order valence-electron chi connectivity index (χ1n) is 8.51. The van der Waals surface area contributed by atoms with E-state index in [1.807, 2.05) is 0 Å². The Morgan fingerprint density at radius 2 is 2.09 bits per heavy atom. The van der Waals surface area contributed by atoms with Gasteiger partial charge in [-0.1, -0.05) is 30.3 Å². The number of likely N-dealkylation sites (tertiary alicyclic amines) is 1. The summed E-state index contributed by atoms with van der Waals surface area (Å²) >= 11 is 0. The first-order valence-corrected chi connectivity index (χ1v) is 8.51. The Morgan fingerprint density at radius 3 is 2.86 bits per heavy atom. The minimum Gasteiger partial charge on any atom is -0.337 e. The fourth-order valence-corrected chi connectivity index (χ4v) is 3.65. The fourth-order valence-electron chi connectivity index (χ4n) is 3.65. The van der Waals surface area contributed by atoms with Gasteiger partial charge in [-0.15, -0.1) is 0 Å². The van der Waals surface area contributed by atoms with E-state index in [0.717, 1.165) is 52.1 Å². The zero-order valence-electron chi connectivity index (χ0n) is 13.5. The van der Waals surface area contributed by atoms with Gasteiger partial charge in [0.15, 0.2) is 0 Å². The van der Waals surface area contributed by atoms with Crippen LogP contribution in [0.1, 0.15) is 25.3 Å². The summed E-state index contributed by atoms with van der Waals surface area (Å²) < 4.78 is 0. The molecule has 1 aromatic carbocycles. The van der Waals surface area contributed by atoms with Crippen molar-refractivity contribution in [1.29, 1.82) is 0 Å². The summed E-state index contributed by atoms with van der Waals surface area (Å²) in [6, 6.07) is 10.9. The summed E-state index contributed by atoms with van der Waals surface area (Å²) in [6.07, 6.45) is 2.17. The third-order valence-corrected chi connectivity index (χ3v) is 4.89. The van der Waals surface area contributed by atoms with Gasteiger partial charge >= 0.3 is 0 Å². The largest absolute Gasteiger partial charge is 0.337 e. The topological polar surface area (TPSA) is 35.6 Å². The molecule has 2 aliphatic heterocycles. The molecule has 1 aromatic rings. The van der Waals surface area contributed by atoms with E-state index >= 15 is 0 Å². The van der Waals surface area contributed by atoms with Crippen molar-refractivity contribution in [3.05, 3.63) is 35.9 Å². The minimum atomic E-state index is 0.179. The van der Waals surface area contributed by atoms with Crippen LogP contribution in [-0.2, 0) is 11.3 Å². The van der Waals surface area contributed by atoms with Crippen molar-refractivity contribution in [2.75, 3.05) is 32.7 Å². The number of nitrogens with zero attached hydrogens (tertiary/aromatic N) is 2. The molecule has 0 saturated carbocycles. The maximum absolute atomic E-state index is 12.8. The number of piperidine rings is 1. The summed E-state index contributed by atoms with van der Waals surface area (Å²) in [6.45, 7) is 7.83. The van der Waals surface area contributed by atoms with E-state index in [2.05, 4.69) is 52.4 Å². The average Bonchev–Trinajstić information content (AvgIpc) is 2.56. The third kappa shape index (κ3) is 3.68. The van der Waals surface area contributed by atoms with Crippen LogP contribution in [-0.4, -0.2) is 54.5 Å². The molecule has 0 bridgehead atoms. The van der Waals surface area contributed by atoms with Crippen molar-refractivity contribution in [2.24, 2.45) is 5.92 Å². The molecule has 2 fully saturated rings. The van der Waals surface area contributed by atoms with Crippen molar-refractivity contribution < 1.29 is 4.79 Å². The molecule has 0 radical (unpaired) electrons. The van der Waals surface area contributed by atoms with Gasteiger partial charge in [0, 0.05) is 38.8 Å². The second kappa shape index (κ2) is 7.25. The lowest BCUT2D eigenvalue weighted by Crippen LogP contribution is -2.55. The zero-order valence-corrected chi connectivity index (χ0v) is 13.5. The number of benzene rings is 1. The maximum Gasteiger partial charge on any atom is 0.227 e. The summed E-state index contributed by atoms with van der Waals surface area (Å²) in [5, 5.41) is 3.36. The van der Waals surface area contributed by atoms with Gasteiger partial charge in [0.1, 0.15) is 0 Å². The summed E-state index contributed by atoms with van der Waals surface area (Å²) in [7, 11) is 0. The average molecular weight is 301 g/mol. The Labute approximate surface area is 133 Å². The van der Waals surface area contributed by atoms with Gasteiger partial charge in [0.2, 0.25) is 5.91 Å². The van der Waals surface area contributed by atoms with Crippen LogP contribution < -0.4 is 5.32 Å². The predicted molar refractivity (Wildman–Crippen MR) is 88.5 cm³/mol. The van der Waals surface area contributed by atoms with Crippen LogP contribution in [0.5, 0.6) is 0 Å². The Kier molecular flexibility index (Phi) is 5.11. The van der Waals surface area contributed by atoms with Gasteiger partial charge in [-0.3, -0.25) is 9.69 Å². The number of rotatable bonds is 3. The molecule has 4 heteroatoms. The van der Waals surface area contributed by atoms with E-state index in [-0.39, 0.29) is 5.92 Å². The van der Waals surface area contributed by atoms with Crippen LogP contribution in [0.4, 0.5) is 0 Å². The number of carbonyl (C=O) groups excluding carboxylic acids is 1. The molecule has 2 atom stereocenters. The fraction of sp³-hybridized carbons (Fsp3) is 0.611. The zero-order chi connectivity index (χ0) is 15.4. The van der Waals surface area contributed by atoms with Crippen LogP contribution in [0.2, 0.25) is 0 Å². The van der Waals surface area contributed by atoms with Crippen molar-refractivity contribution in [1.82, 2.24) is 15.1 Å². The summed E-state index contributed by atoms with van der Waals surface area (Å²) in [4.78, 5) is 17.4. The minimum absolute atomic E-state index is 0.179. The number of amides is 1. The SMILES string of the molecule is C[C@@H]1CNCCN1C(=O)C1CCCN(Cc2ccccc2)C1. The molecule has 1 unspecified atom stereocenters. The van der Waals surface area contributed by atoms with Crippen molar-refractivity contribution in [3.63, 3.8) is 0 Å².